The second-order valence-corrected chi connectivity index (χ2v) is 4.45. The van der Waals surface area contributed by atoms with Gasteiger partial charge in [-0.05, 0) is 30.3 Å². The highest BCUT2D eigenvalue weighted by atomic mass is 16.6. The van der Waals surface area contributed by atoms with Crippen LogP contribution in [0.1, 0.15) is 20.7 Å². The predicted octanol–water partition coefficient (Wildman–Crippen LogP) is 2.10. The summed E-state index contributed by atoms with van der Waals surface area (Å²) in [5.41, 5.74) is 0.171. The Hall–Kier alpha value is -3.22. The largest absolute Gasteiger partial charge is 0.508 e. The molecule has 3 rings (SSSR count). The van der Waals surface area contributed by atoms with Crippen LogP contribution in [0, 0.1) is 10.1 Å². The lowest BCUT2D eigenvalue weighted by Gasteiger charge is -2.13. The lowest BCUT2D eigenvalue weighted by atomic mass is 10.1. The highest BCUT2D eigenvalue weighted by Gasteiger charge is 2.37. The number of carbonyl (C=O) groups is 2. The van der Waals surface area contributed by atoms with Crippen molar-refractivity contribution in [1.29, 1.82) is 0 Å². The minimum atomic E-state index is -0.624. The van der Waals surface area contributed by atoms with Gasteiger partial charge in [-0.2, -0.15) is 0 Å². The molecule has 0 fully saturated rings. The monoisotopic (exact) mass is 284 g/mol. The van der Waals surface area contributed by atoms with Crippen molar-refractivity contribution in [1.82, 2.24) is 0 Å². The molecule has 0 atom stereocenters. The van der Waals surface area contributed by atoms with Gasteiger partial charge in [0.15, 0.2) is 0 Å². The summed E-state index contributed by atoms with van der Waals surface area (Å²) in [6, 6.07) is 9.09. The van der Waals surface area contributed by atoms with E-state index in [4.69, 9.17) is 0 Å². The van der Waals surface area contributed by atoms with Gasteiger partial charge in [-0.25, -0.2) is 4.90 Å². The van der Waals surface area contributed by atoms with E-state index in [-0.39, 0.29) is 22.6 Å². The number of nitro groups is 1. The van der Waals surface area contributed by atoms with Gasteiger partial charge >= 0.3 is 0 Å². The van der Waals surface area contributed by atoms with Crippen LogP contribution in [-0.2, 0) is 0 Å². The molecule has 7 heteroatoms. The van der Waals surface area contributed by atoms with Gasteiger partial charge in [0, 0.05) is 12.1 Å². The standard InChI is InChI=1S/C14H8N2O5/c17-10-4-1-8(2-5-10)15-13(18)11-6-3-9(16(20)21)7-12(11)14(15)19/h1-7,17H. The highest BCUT2D eigenvalue weighted by molar-refractivity contribution is 6.34. The Labute approximate surface area is 118 Å². The number of anilines is 1. The number of benzene rings is 2. The molecule has 0 unspecified atom stereocenters. The topological polar surface area (TPSA) is 101 Å². The van der Waals surface area contributed by atoms with E-state index < -0.39 is 16.7 Å². The Bertz CT molecular complexity index is 782. The maximum absolute atomic E-state index is 12.3. The van der Waals surface area contributed by atoms with Crippen molar-refractivity contribution in [2.75, 3.05) is 4.90 Å². The zero-order valence-corrected chi connectivity index (χ0v) is 10.5. The first-order valence-electron chi connectivity index (χ1n) is 5.95. The zero-order chi connectivity index (χ0) is 15.1. The summed E-state index contributed by atoms with van der Waals surface area (Å²) < 4.78 is 0. The lowest BCUT2D eigenvalue weighted by molar-refractivity contribution is -0.384. The van der Waals surface area contributed by atoms with Crippen LogP contribution in [0.5, 0.6) is 5.75 Å². The molecule has 0 saturated heterocycles. The third-order valence-electron chi connectivity index (χ3n) is 3.19. The molecule has 1 aliphatic rings. The number of carbonyl (C=O) groups excluding carboxylic acids is 2. The van der Waals surface area contributed by atoms with E-state index in [0.29, 0.717) is 5.69 Å². The number of rotatable bonds is 2. The number of hydrogen-bond acceptors (Lipinski definition) is 5. The van der Waals surface area contributed by atoms with Gasteiger partial charge in [0.1, 0.15) is 5.75 Å². The number of non-ortho nitro benzene ring substituents is 1. The van der Waals surface area contributed by atoms with Crippen molar-refractivity contribution in [2.45, 2.75) is 0 Å². The molecule has 1 heterocycles. The van der Waals surface area contributed by atoms with E-state index in [0.717, 1.165) is 11.0 Å². The van der Waals surface area contributed by atoms with Crippen molar-refractivity contribution >= 4 is 23.2 Å². The van der Waals surface area contributed by atoms with Gasteiger partial charge in [0.05, 0.1) is 21.7 Å². The van der Waals surface area contributed by atoms with E-state index in [1.807, 2.05) is 0 Å². The second-order valence-electron chi connectivity index (χ2n) is 4.45. The number of nitrogens with zero attached hydrogens (tertiary/aromatic N) is 2. The third-order valence-corrected chi connectivity index (χ3v) is 3.19. The summed E-state index contributed by atoms with van der Waals surface area (Å²) in [5.74, 6) is -1.16. The van der Waals surface area contributed by atoms with E-state index in [1.54, 1.807) is 0 Å². The molecule has 0 spiro atoms. The molecule has 0 radical (unpaired) electrons. The predicted molar refractivity (Wildman–Crippen MR) is 72.3 cm³/mol. The SMILES string of the molecule is O=C1c2ccc([N+](=O)[O-])cc2C(=O)N1c1ccc(O)cc1. The molecule has 0 bridgehead atoms. The van der Waals surface area contributed by atoms with Gasteiger partial charge in [0.25, 0.3) is 17.5 Å². The number of hydrogen-bond donors (Lipinski definition) is 1. The highest BCUT2D eigenvalue weighted by Crippen LogP contribution is 2.31. The van der Waals surface area contributed by atoms with Crippen LogP contribution >= 0.6 is 0 Å². The van der Waals surface area contributed by atoms with E-state index >= 15 is 0 Å². The van der Waals surface area contributed by atoms with E-state index in [2.05, 4.69) is 0 Å². The summed E-state index contributed by atoms with van der Waals surface area (Å²) in [6.45, 7) is 0. The molecule has 1 N–H and O–H groups in total. The van der Waals surface area contributed by atoms with Crippen LogP contribution in [0.25, 0.3) is 0 Å². The Kier molecular flexibility index (Phi) is 2.69. The molecule has 2 amide bonds. The summed E-state index contributed by atoms with van der Waals surface area (Å²) in [7, 11) is 0. The molecule has 0 aliphatic carbocycles. The summed E-state index contributed by atoms with van der Waals surface area (Å²) in [5, 5.41) is 20.0. The Morgan fingerprint density at radius 2 is 1.57 bits per heavy atom. The third kappa shape index (κ3) is 1.91. The molecule has 2 aromatic carbocycles. The van der Waals surface area contributed by atoms with Gasteiger partial charge in [-0.15, -0.1) is 0 Å². The molecule has 1 aliphatic heterocycles. The average Bonchev–Trinajstić information content (AvgIpc) is 2.72. The normalized spacial score (nSPS) is 13.4. The number of aromatic hydroxyl groups is 1. The van der Waals surface area contributed by atoms with Gasteiger partial charge < -0.3 is 5.11 Å². The van der Waals surface area contributed by atoms with Crippen LogP contribution in [0.15, 0.2) is 42.5 Å². The number of nitro benzene ring substituents is 1. The van der Waals surface area contributed by atoms with Crippen LogP contribution < -0.4 is 4.90 Å². The minimum Gasteiger partial charge on any atom is -0.508 e. The van der Waals surface area contributed by atoms with Crippen molar-refractivity contribution in [2.24, 2.45) is 0 Å². The van der Waals surface area contributed by atoms with Gasteiger partial charge in [0.2, 0.25) is 0 Å². The fourth-order valence-electron chi connectivity index (χ4n) is 2.18. The zero-order valence-electron chi connectivity index (χ0n) is 10.5. The average molecular weight is 284 g/mol. The number of phenols is 1. The number of phenolic OH excluding ortho intramolecular Hbond substituents is 1. The van der Waals surface area contributed by atoms with E-state index in [1.165, 1.54) is 36.4 Å². The molecule has 104 valence electrons. The van der Waals surface area contributed by atoms with E-state index in [9.17, 15) is 24.8 Å². The van der Waals surface area contributed by atoms with Crippen molar-refractivity contribution in [3.63, 3.8) is 0 Å². The van der Waals surface area contributed by atoms with Crippen molar-refractivity contribution < 1.29 is 19.6 Å². The lowest BCUT2D eigenvalue weighted by Crippen LogP contribution is -2.29. The summed E-state index contributed by atoms with van der Waals surface area (Å²) in [4.78, 5) is 35.6. The molecule has 0 aromatic heterocycles. The molecular formula is C14H8N2O5. The molecule has 0 saturated carbocycles. The molecular weight excluding hydrogens is 276 g/mol. The van der Waals surface area contributed by atoms with Crippen LogP contribution in [0.4, 0.5) is 11.4 Å². The van der Waals surface area contributed by atoms with Crippen molar-refractivity contribution in [3.05, 3.63) is 63.7 Å². The Balaban J connectivity index is 2.08. The maximum Gasteiger partial charge on any atom is 0.270 e. The van der Waals surface area contributed by atoms with Crippen LogP contribution in [0.2, 0.25) is 0 Å². The minimum absolute atomic E-state index is 0.00211. The first kappa shape index (κ1) is 12.8. The smallest absolute Gasteiger partial charge is 0.270 e. The van der Waals surface area contributed by atoms with Crippen molar-refractivity contribution in [3.8, 4) is 5.75 Å². The first-order valence-corrected chi connectivity index (χ1v) is 5.95. The number of amides is 2. The quantitative estimate of drug-likeness (QED) is 0.517. The molecule has 2 aromatic rings. The Morgan fingerprint density at radius 1 is 0.952 bits per heavy atom. The summed E-state index contributed by atoms with van der Waals surface area (Å²) in [6.07, 6.45) is 0. The number of imide groups is 1. The number of fused-ring (bicyclic) bond motifs is 1. The fourth-order valence-corrected chi connectivity index (χ4v) is 2.18. The fraction of sp³-hybridized carbons (Fsp3) is 0. The molecule has 7 nitrogen and oxygen atoms in total. The molecule has 21 heavy (non-hydrogen) atoms. The maximum atomic E-state index is 12.3. The van der Waals surface area contributed by atoms with Gasteiger partial charge in [-0.3, -0.25) is 19.7 Å². The Morgan fingerprint density at radius 3 is 2.19 bits per heavy atom. The summed E-state index contributed by atoms with van der Waals surface area (Å²) >= 11 is 0. The second kappa shape index (κ2) is 4.41. The van der Waals surface area contributed by atoms with Gasteiger partial charge in [-0.1, -0.05) is 0 Å². The first-order chi connectivity index (χ1) is 9.99. The van der Waals surface area contributed by atoms with Crippen LogP contribution in [0.3, 0.4) is 0 Å². The van der Waals surface area contributed by atoms with Crippen LogP contribution in [-0.4, -0.2) is 21.8 Å².